The Morgan fingerprint density at radius 3 is 2.35 bits per heavy atom. The molecule has 0 bridgehead atoms. The quantitative estimate of drug-likeness (QED) is 0.475. The number of ketones is 1. The van der Waals surface area contributed by atoms with Crippen molar-refractivity contribution < 1.29 is 26.5 Å². The van der Waals surface area contributed by atoms with Gasteiger partial charge in [0.1, 0.15) is 6.20 Å². The molecule has 0 N–H and O–H groups in total. The van der Waals surface area contributed by atoms with Crippen LogP contribution in [0, 0.1) is 0 Å². The van der Waals surface area contributed by atoms with E-state index in [4.69, 9.17) is 0 Å². The largest absolute Gasteiger partial charge is 1.00 e. The highest BCUT2D eigenvalue weighted by Crippen LogP contribution is 2.08. The van der Waals surface area contributed by atoms with Crippen LogP contribution in [0.4, 0.5) is 0 Å². The van der Waals surface area contributed by atoms with Gasteiger partial charge in [-0.15, -0.1) is 0 Å². The van der Waals surface area contributed by atoms with Crippen LogP contribution in [0.15, 0.2) is 67.0 Å². The molecule has 1 heterocycles. The molecule has 0 aliphatic rings. The zero-order chi connectivity index (χ0) is 13.1. The summed E-state index contributed by atoms with van der Waals surface area (Å²) in [5.41, 5.74) is 0.713. The first-order chi connectivity index (χ1) is 9.33. The van der Waals surface area contributed by atoms with E-state index in [2.05, 4.69) is 5.10 Å². The van der Waals surface area contributed by atoms with Gasteiger partial charge in [0, 0.05) is 16.3 Å². The first-order valence-corrected chi connectivity index (χ1v) is 6.16. The Balaban J connectivity index is 0.00000147. The number of rotatable bonds is 3. The minimum absolute atomic E-state index is 0. The van der Waals surface area contributed by atoms with Crippen LogP contribution < -0.4 is 21.7 Å². The molecular formula is C16H13BrN2O. The lowest BCUT2D eigenvalue weighted by molar-refractivity contribution is -0.740. The van der Waals surface area contributed by atoms with Gasteiger partial charge in [0.05, 0.1) is 0 Å². The second-order valence-corrected chi connectivity index (χ2v) is 4.39. The third kappa shape index (κ3) is 3.08. The van der Waals surface area contributed by atoms with Crippen LogP contribution >= 0.6 is 0 Å². The van der Waals surface area contributed by atoms with E-state index in [9.17, 15) is 4.79 Å². The maximum atomic E-state index is 12.1. The van der Waals surface area contributed by atoms with E-state index in [-0.39, 0.29) is 29.3 Å². The first-order valence-electron chi connectivity index (χ1n) is 6.16. The number of nitrogens with zero attached hydrogens (tertiary/aromatic N) is 2. The number of benzene rings is 2. The number of carbonyl (C=O) groups is 1. The highest BCUT2D eigenvalue weighted by molar-refractivity contribution is 5.95. The third-order valence-corrected chi connectivity index (χ3v) is 3.03. The van der Waals surface area contributed by atoms with Gasteiger partial charge in [0.2, 0.25) is 18.5 Å². The Morgan fingerprint density at radius 1 is 0.950 bits per heavy atom. The summed E-state index contributed by atoms with van der Waals surface area (Å²) in [5.74, 6) is 0.0633. The van der Waals surface area contributed by atoms with Crippen LogP contribution in [0.3, 0.4) is 0 Å². The normalized spacial score (nSPS) is 10.0. The fraction of sp³-hybridized carbons (Fsp3) is 0.0625. The van der Waals surface area contributed by atoms with E-state index in [1.54, 1.807) is 10.9 Å². The fourth-order valence-corrected chi connectivity index (χ4v) is 2.03. The van der Waals surface area contributed by atoms with Gasteiger partial charge in [0.15, 0.2) is 0 Å². The lowest BCUT2D eigenvalue weighted by Gasteiger charge is -1.98. The molecule has 2 aromatic carbocycles. The first kappa shape index (κ1) is 14.3. The monoisotopic (exact) mass is 328 g/mol. The molecule has 0 saturated heterocycles. The molecule has 3 rings (SSSR count). The molecule has 3 aromatic rings. The van der Waals surface area contributed by atoms with Crippen molar-refractivity contribution >= 4 is 16.6 Å². The van der Waals surface area contributed by atoms with Crippen LogP contribution in [0.25, 0.3) is 10.8 Å². The maximum absolute atomic E-state index is 12.1. The predicted molar refractivity (Wildman–Crippen MR) is 72.7 cm³/mol. The van der Waals surface area contributed by atoms with Crippen molar-refractivity contribution in [2.24, 2.45) is 0 Å². The van der Waals surface area contributed by atoms with Crippen LogP contribution in [-0.4, -0.2) is 10.9 Å². The van der Waals surface area contributed by atoms with Crippen molar-refractivity contribution in [3.63, 3.8) is 0 Å². The molecule has 0 atom stereocenters. The lowest BCUT2D eigenvalue weighted by Crippen LogP contribution is -3.00. The van der Waals surface area contributed by atoms with E-state index < -0.39 is 0 Å². The molecule has 0 aliphatic heterocycles. The zero-order valence-corrected chi connectivity index (χ0v) is 12.3. The van der Waals surface area contributed by atoms with Gasteiger partial charge in [-0.05, 0) is 11.2 Å². The summed E-state index contributed by atoms with van der Waals surface area (Å²) in [5, 5.41) is 6.42. The van der Waals surface area contributed by atoms with Crippen molar-refractivity contribution in [1.29, 1.82) is 0 Å². The second-order valence-electron chi connectivity index (χ2n) is 4.39. The van der Waals surface area contributed by atoms with Gasteiger partial charge in [-0.2, -0.15) is 0 Å². The highest BCUT2D eigenvalue weighted by atomic mass is 79.9. The van der Waals surface area contributed by atoms with E-state index >= 15 is 0 Å². The van der Waals surface area contributed by atoms with Crippen LogP contribution in [0.2, 0.25) is 0 Å². The molecule has 20 heavy (non-hydrogen) atoms. The smallest absolute Gasteiger partial charge is 0.236 e. The Morgan fingerprint density at radius 2 is 1.60 bits per heavy atom. The standard InChI is InChI=1S/C16H13N2O.BrH/c19-16(13-6-2-1-3-7-13)12-18-11-15-9-5-4-8-14(15)10-17-18;/h1-11H,12H2;1H/q+1;/p-1. The molecule has 0 spiro atoms. The van der Waals surface area contributed by atoms with Gasteiger partial charge < -0.3 is 17.0 Å². The summed E-state index contributed by atoms with van der Waals surface area (Å²) < 4.78 is 1.68. The predicted octanol–water partition coefficient (Wildman–Crippen LogP) is -0.591. The number of fused-ring (bicyclic) bond motifs is 1. The lowest BCUT2D eigenvalue weighted by atomic mass is 10.1. The van der Waals surface area contributed by atoms with E-state index in [0.717, 1.165) is 10.8 Å². The van der Waals surface area contributed by atoms with Gasteiger partial charge in [-0.3, -0.25) is 4.79 Å². The molecule has 0 saturated carbocycles. The van der Waals surface area contributed by atoms with Crippen molar-refractivity contribution in [1.82, 2.24) is 5.10 Å². The van der Waals surface area contributed by atoms with E-state index in [0.29, 0.717) is 5.56 Å². The van der Waals surface area contributed by atoms with Gasteiger partial charge in [-0.25, -0.2) is 0 Å². The third-order valence-electron chi connectivity index (χ3n) is 3.03. The molecule has 0 amide bonds. The van der Waals surface area contributed by atoms with E-state index in [1.807, 2.05) is 60.8 Å². The molecular weight excluding hydrogens is 316 g/mol. The molecule has 1 aromatic heterocycles. The highest BCUT2D eigenvalue weighted by Gasteiger charge is 2.13. The van der Waals surface area contributed by atoms with Gasteiger partial charge in [0.25, 0.3) is 0 Å². The molecule has 3 nitrogen and oxygen atoms in total. The number of aromatic nitrogens is 2. The minimum atomic E-state index is 0. The Kier molecular flexibility index (Phi) is 4.58. The van der Waals surface area contributed by atoms with E-state index in [1.165, 1.54) is 0 Å². The molecule has 0 aliphatic carbocycles. The van der Waals surface area contributed by atoms with Crippen molar-refractivity contribution in [2.45, 2.75) is 6.54 Å². The fourth-order valence-electron chi connectivity index (χ4n) is 2.03. The number of carbonyl (C=O) groups excluding carboxylic acids is 1. The van der Waals surface area contributed by atoms with Crippen molar-refractivity contribution in [3.8, 4) is 0 Å². The Hall–Kier alpha value is -2.07. The molecule has 0 unspecified atom stereocenters. The molecule has 0 fully saturated rings. The number of Topliss-reactive ketones (excluding diaryl/α,β-unsaturated/α-hetero) is 1. The van der Waals surface area contributed by atoms with Crippen molar-refractivity contribution in [3.05, 3.63) is 72.6 Å². The van der Waals surface area contributed by atoms with Gasteiger partial charge in [-0.1, -0.05) is 53.2 Å². The Bertz CT molecular complexity index is 729. The number of hydrogen-bond donors (Lipinski definition) is 0. The average molecular weight is 329 g/mol. The maximum Gasteiger partial charge on any atom is 0.236 e. The van der Waals surface area contributed by atoms with Crippen LogP contribution in [0.1, 0.15) is 10.4 Å². The Labute approximate surface area is 127 Å². The summed E-state index contributed by atoms with van der Waals surface area (Å²) in [6.45, 7) is 0.259. The topological polar surface area (TPSA) is 33.8 Å². The number of halogens is 1. The van der Waals surface area contributed by atoms with Crippen molar-refractivity contribution in [2.75, 3.05) is 0 Å². The summed E-state index contributed by atoms with van der Waals surface area (Å²) in [6, 6.07) is 17.3. The summed E-state index contributed by atoms with van der Waals surface area (Å²) >= 11 is 0. The molecule has 0 radical (unpaired) electrons. The SMILES string of the molecule is O=C(C[n+]1cc2ccccc2cn1)c1ccccc1.[Br-]. The summed E-state index contributed by atoms with van der Waals surface area (Å²) in [4.78, 5) is 12.1. The molecule has 4 heteroatoms. The summed E-state index contributed by atoms with van der Waals surface area (Å²) in [7, 11) is 0. The average Bonchev–Trinajstić information content (AvgIpc) is 2.48. The molecule has 100 valence electrons. The van der Waals surface area contributed by atoms with Crippen LogP contribution in [-0.2, 0) is 6.54 Å². The minimum Gasteiger partial charge on any atom is -1.00 e. The number of hydrogen-bond acceptors (Lipinski definition) is 2. The van der Waals surface area contributed by atoms with Crippen LogP contribution in [0.5, 0.6) is 0 Å². The second kappa shape index (κ2) is 6.39. The zero-order valence-electron chi connectivity index (χ0n) is 10.7. The summed E-state index contributed by atoms with van der Waals surface area (Å²) in [6.07, 6.45) is 3.68. The van der Waals surface area contributed by atoms with Gasteiger partial charge >= 0.3 is 0 Å².